The molecule has 2 nitrogen and oxygen atoms in total. The fraction of sp³-hybridized carbons (Fsp3) is 0.455. The molecule has 3 heteroatoms. The van der Waals surface area contributed by atoms with E-state index in [-0.39, 0.29) is 0 Å². The first kappa shape index (κ1) is 23.5. The van der Waals surface area contributed by atoms with Crippen molar-refractivity contribution in [3.8, 4) is 0 Å². The van der Waals surface area contributed by atoms with Crippen LogP contribution >= 0.6 is 11.8 Å². The van der Waals surface area contributed by atoms with Crippen LogP contribution in [0.2, 0.25) is 0 Å². The predicted molar refractivity (Wildman–Crippen MR) is 116 cm³/mol. The maximum Gasteiger partial charge on any atom is 0.0508 e. The zero-order chi connectivity index (χ0) is 18.9. The van der Waals surface area contributed by atoms with Gasteiger partial charge in [-0.25, -0.2) is 0 Å². The minimum absolute atomic E-state index is 1.07. The van der Waals surface area contributed by atoms with Crippen LogP contribution in [0.4, 0.5) is 5.69 Å². The lowest BCUT2D eigenvalue weighted by Gasteiger charge is -2.30. The van der Waals surface area contributed by atoms with Crippen LogP contribution in [-0.4, -0.2) is 26.2 Å². The normalized spacial score (nSPS) is 12.5. The molecular formula is C22H36N2S. The highest BCUT2D eigenvalue weighted by molar-refractivity contribution is 7.99. The van der Waals surface area contributed by atoms with Gasteiger partial charge < -0.3 is 10.2 Å². The van der Waals surface area contributed by atoms with E-state index in [1.165, 1.54) is 15.5 Å². The number of nitrogens with one attached hydrogen (secondary N) is 1. The number of benzene rings is 2. The summed E-state index contributed by atoms with van der Waals surface area (Å²) in [5.74, 6) is 0. The summed E-state index contributed by atoms with van der Waals surface area (Å²) in [7, 11) is 0. The quantitative estimate of drug-likeness (QED) is 0.689. The van der Waals surface area contributed by atoms with Gasteiger partial charge in [0.15, 0.2) is 0 Å². The SMILES string of the molecule is CC.CC.CC.c1ccc(Sc2ccccc2N2CCNCC2)cc1. The van der Waals surface area contributed by atoms with Gasteiger partial charge in [0.1, 0.15) is 0 Å². The molecule has 1 fully saturated rings. The van der Waals surface area contributed by atoms with Crippen molar-refractivity contribution in [2.45, 2.75) is 51.3 Å². The first-order valence-corrected chi connectivity index (χ1v) is 10.5. The molecule has 0 atom stereocenters. The van der Waals surface area contributed by atoms with Gasteiger partial charge in [0.05, 0.1) is 5.69 Å². The Balaban J connectivity index is 0.000000871. The summed E-state index contributed by atoms with van der Waals surface area (Å²) in [6, 6.07) is 19.3. The average Bonchev–Trinajstić information content (AvgIpc) is 2.74. The maximum atomic E-state index is 3.41. The fourth-order valence-corrected chi connectivity index (χ4v) is 3.32. The zero-order valence-corrected chi connectivity index (χ0v) is 17.7. The Morgan fingerprint density at radius 3 is 1.84 bits per heavy atom. The molecule has 2 aromatic carbocycles. The van der Waals surface area contributed by atoms with Crippen molar-refractivity contribution in [2.24, 2.45) is 0 Å². The van der Waals surface area contributed by atoms with Crippen molar-refractivity contribution in [3.05, 3.63) is 54.6 Å². The number of rotatable bonds is 3. The van der Waals surface area contributed by atoms with Crippen LogP contribution in [0.1, 0.15) is 41.5 Å². The largest absolute Gasteiger partial charge is 0.368 e. The van der Waals surface area contributed by atoms with Gasteiger partial charge in [0, 0.05) is 36.0 Å². The van der Waals surface area contributed by atoms with E-state index >= 15 is 0 Å². The Morgan fingerprint density at radius 1 is 0.720 bits per heavy atom. The van der Waals surface area contributed by atoms with Gasteiger partial charge in [-0.05, 0) is 24.3 Å². The molecule has 3 rings (SSSR count). The van der Waals surface area contributed by atoms with Gasteiger partial charge in [-0.3, -0.25) is 0 Å². The molecule has 0 amide bonds. The first-order valence-electron chi connectivity index (χ1n) is 9.71. The fourth-order valence-electron chi connectivity index (χ4n) is 2.33. The third-order valence-electron chi connectivity index (χ3n) is 3.29. The molecule has 0 spiro atoms. The van der Waals surface area contributed by atoms with Crippen molar-refractivity contribution in [1.82, 2.24) is 5.32 Å². The molecule has 1 aliphatic rings. The summed E-state index contributed by atoms with van der Waals surface area (Å²) in [6.07, 6.45) is 0. The number of piperazine rings is 1. The highest BCUT2D eigenvalue weighted by Crippen LogP contribution is 2.35. The maximum absolute atomic E-state index is 3.41. The van der Waals surface area contributed by atoms with Gasteiger partial charge in [-0.1, -0.05) is 83.6 Å². The molecule has 0 unspecified atom stereocenters. The Hall–Kier alpha value is -1.45. The molecule has 1 aliphatic heterocycles. The van der Waals surface area contributed by atoms with Crippen LogP contribution in [-0.2, 0) is 0 Å². The number of hydrogen-bond acceptors (Lipinski definition) is 3. The van der Waals surface area contributed by atoms with E-state index in [2.05, 4.69) is 64.8 Å². The van der Waals surface area contributed by atoms with E-state index in [4.69, 9.17) is 0 Å². The van der Waals surface area contributed by atoms with Gasteiger partial charge in [0.25, 0.3) is 0 Å². The number of nitrogens with zero attached hydrogens (tertiary/aromatic N) is 1. The van der Waals surface area contributed by atoms with Gasteiger partial charge in [0.2, 0.25) is 0 Å². The standard InChI is InChI=1S/C16H18N2S.3C2H6/c1-2-6-14(7-3-1)19-16-9-5-4-8-15(16)18-12-10-17-11-13-18;3*1-2/h1-9,17H,10-13H2;3*1-2H3. The third-order valence-corrected chi connectivity index (χ3v) is 4.37. The molecule has 25 heavy (non-hydrogen) atoms. The van der Waals surface area contributed by atoms with Crippen LogP contribution in [0, 0.1) is 0 Å². The van der Waals surface area contributed by atoms with E-state index in [1.54, 1.807) is 0 Å². The Bertz CT molecular complexity index is 523. The van der Waals surface area contributed by atoms with Crippen LogP contribution in [0.15, 0.2) is 64.4 Å². The lowest BCUT2D eigenvalue weighted by Crippen LogP contribution is -2.43. The van der Waals surface area contributed by atoms with Crippen molar-refractivity contribution in [2.75, 3.05) is 31.1 Å². The monoisotopic (exact) mass is 360 g/mol. The Morgan fingerprint density at radius 2 is 1.24 bits per heavy atom. The van der Waals surface area contributed by atoms with Crippen molar-refractivity contribution in [1.29, 1.82) is 0 Å². The van der Waals surface area contributed by atoms with Crippen molar-refractivity contribution in [3.63, 3.8) is 0 Å². The minimum Gasteiger partial charge on any atom is -0.368 e. The number of para-hydroxylation sites is 1. The zero-order valence-electron chi connectivity index (χ0n) is 16.9. The second-order valence-electron chi connectivity index (χ2n) is 4.62. The third kappa shape index (κ3) is 8.46. The average molecular weight is 361 g/mol. The second-order valence-corrected chi connectivity index (χ2v) is 5.74. The first-order chi connectivity index (χ1) is 12.4. The molecule has 0 saturated carbocycles. The number of anilines is 1. The van der Waals surface area contributed by atoms with Crippen LogP contribution in [0.25, 0.3) is 0 Å². The molecule has 1 saturated heterocycles. The summed E-state index contributed by atoms with van der Waals surface area (Å²) in [5.41, 5.74) is 1.36. The van der Waals surface area contributed by atoms with Gasteiger partial charge in [-0.2, -0.15) is 0 Å². The Kier molecular flexibility index (Phi) is 15.1. The number of hydrogen-bond donors (Lipinski definition) is 1. The lowest BCUT2D eigenvalue weighted by atomic mass is 10.2. The summed E-state index contributed by atoms with van der Waals surface area (Å²) in [5, 5.41) is 3.41. The highest BCUT2D eigenvalue weighted by Gasteiger charge is 2.14. The van der Waals surface area contributed by atoms with Crippen molar-refractivity contribution >= 4 is 17.4 Å². The lowest BCUT2D eigenvalue weighted by molar-refractivity contribution is 0.587. The minimum atomic E-state index is 1.07. The molecule has 0 radical (unpaired) electrons. The van der Waals surface area contributed by atoms with E-state index in [0.717, 1.165) is 26.2 Å². The van der Waals surface area contributed by atoms with Gasteiger partial charge in [-0.15, -0.1) is 0 Å². The summed E-state index contributed by atoms with van der Waals surface area (Å²) in [4.78, 5) is 5.11. The highest BCUT2D eigenvalue weighted by atomic mass is 32.2. The van der Waals surface area contributed by atoms with Crippen molar-refractivity contribution < 1.29 is 0 Å². The second kappa shape index (κ2) is 16.0. The van der Waals surface area contributed by atoms with Crippen LogP contribution in [0.5, 0.6) is 0 Å². The summed E-state index contributed by atoms with van der Waals surface area (Å²) in [6.45, 7) is 16.3. The molecule has 0 bridgehead atoms. The molecule has 1 N–H and O–H groups in total. The molecule has 1 heterocycles. The van der Waals surface area contributed by atoms with Crippen LogP contribution < -0.4 is 10.2 Å². The van der Waals surface area contributed by atoms with Gasteiger partial charge >= 0.3 is 0 Å². The summed E-state index contributed by atoms with van der Waals surface area (Å²) >= 11 is 1.85. The molecule has 0 aromatic heterocycles. The smallest absolute Gasteiger partial charge is 0.0508 e. The summed E-state index contributed by atoms with van der Waals surface area (Å²) < 4.78 is 0. The van der Waals surface area contributed by atoms with E-state index in [1.807, 2.05) is 53.3 Å². The topological polar surface area (TPSA) is 15.3 Å². The molecule has 140 valence electrons. The van der Waals surface area contributed by atoms with E-state index in [9.17, 15) is 0 Å². The van der Waals surface area contributed by atoms with E-state index in [0.29, 0.717) is 0 Å². The molecule has 0 aliphatic carbocycles. The molecule has 2 aromatic rings. The van der Waals surface area contributed by atoms with Crippen LogP contribution in [0.3, 0.4) is 0 Å². The van der Waals surface area contributed by atoms with E-state index < -0.39 is 0 Å². The molecular weight excluding hydrogens is 324 g/mol. The predicted octanol–water partition coefficient (Wildman–Crippen LogP) is 6.33. The Labute approximate surface area is 160 Å².